The number of likely N-dealkylation sites (N-methyl/N-ethyl adjacent to an activating group) is 1. The Labute approximate surface area is 104 Å². The van der Waals surface area contributed by atoms with E-state index in [-0.39, 0.29) is 11.9 Å². The van der Waals surface area contributed by atoms with Gasteiger partial charge < -0.3 is 16.4 Å². The molecule has 2 amide bonds. The first-order chi connectivity index (χ1) is 7.95. The van der Waals surface area contributed by atoms with Gasteiger partial charge in [0.2, 0.25) is 11.8 Å². The van der Waals surface area contributed by atoms with Crippen LogP contribution in [-0.2, 0) is 4.79 Å². The Morgan fingerprint density at radius 2 is 2.06 bits per heavy atom. The Morgan fingerprint density at radius 3 is 2.59 bits per heavy atom. The maximum Gasteiger partial charge on any atom is 0.248 e. The van der Waals surface area contributed by atoms with Crippen molar-refractivity contribution >= 4 is 29.1 Å². The maximum absolute atomic E-state index is 11.6. The van der Waals surface area contributed by atoms with E-state index in [1.165, 1.54) is 18.2 Å². The largest absolute Gasteiger partial charge is 0.366 e. The maximum atomic E-state index is 11.6. The van der Waals surface area contributed by atoms with Gasteiger partial charge in [-0.15, -0.1) is 0 Å². The smallest absolute Gasteiger partial charge is 0.248 e. The molecule has 17 heavy (non-hydrogen) atoms. The lowest BCUT2D eigenvalue weighted by Gasteiger charge is -2.12. The van der Waals surface area contributed by atoms with Crippen LogP contribution in [0.5, 0.6) is 0 Å². The van der Waals surface area contributed by atoms with Crippen LogP contribution < -0.4 is 16.4 Å². The Balaban J connectivity index is 2.94. The molecule has 5 nitrogen and oxygen atoms in total. The van der Waals surface area contributed by atoms with Gasteiger partial charge in [-0.05, 0) is 32.2 Å². The van der Waals surface area contributed by atoms with Crippen LogP contribution in [0.2, 0.25) is 5.02 Å². The predicted octanol–water partition coefficient (Wildman–Crippen LogP) is 0.985. The van der Waals surface area contributed by atoms with Gasteiger partial charge in [0, 0.05) is 5.56 Å². The van der Waals surface area contributed by atoms with Gasteiger partial charge >= 0.3 is 0 Å². The molecule has 0 aliphatic rings. The van der Waals surface area contributed by atoms with Crippen molar-refractivity contribution in [3.63, 3.8) is 0 Å². The molecular weight excluding hydrogens is 242 g/mol. The first-order valence-electron chi connectivity index (χ1n) is 5.03. The molecule has 0 fully saturated rings. The molecule has 0 saturated heterocycles. The number of benzene rings is 1. The molecule has 4 N–H and O–H groups in total. The summed E-state index contributed by atoms with van der Waals surface area (Å²) in [5.41, 5.74) is 5.81. The number of carbonyl (C=O) groups is 2. The van der Waals surface area contributed by atoms with Crippen LogP contribution in [0.4, 0.5) is 5.69 Å². The van der Waals surface area contributed by atoms with Crippen molar-refractivity contribution in [1.29, 1.82) is 0 Å². The van der Waals surface area contributed by atoms with Gasteiger partial charge in [0.05, 0.1) is 16.8 Å². The summed E-state index contributed by atoms with van der Waals surface area (Å²) in [5, 5.41) is 5.76. The molecular formula is C11H14ClN3O2. The second-order valence-corrected chi connectivity index (χ2v) is 3.97. The van der Waals surface area contributed by atoms with Crippen molar-refractivity contribution in [1.82, 2.24) is 5.32 Å². The van der Waals surface area contributed by atoms with Gasteiger partial charge in [-0.3, -0.25) is 9.59 Å². The van der Waals surface area contributed by atoms with Gasteiger partial charge in [0.25, 0.3) is 0 Å². The van der Waals surface area contributed by atoms with E-state index < -0.39 is 5.91 Å². The number of hydrogen-bond acceptors (Lipinski definition) is 3. The Hall–Kier alpha value is -1.59. The topological polar surface area (TPSA) is 84.2 Å². The van der Waals surface area contributed by atoms with Crippen molar-refractivity contribution in [2.45, 2.75) is 13.0 Å². The predicted molar refractivity (Wildman–Crippen MR) is 67.1 cm³/mol. The monoisotopic (exact) mass is 255 g/mol. The molecule has 1 aromatic carbocycles. The highest BCUT2D eigenvalue weighted by molar-refractivity contribution is 6.34. The van der Waals surface area contributed by atoms with E-state index in [1.54, 1.807) is 14.0 Å². The average Bonchev–Trinajstić information content (AvgIpc) is 2.30. The van der Waals surface area contributed by atoms with Crippen molar-refractivity contribution in [2.75, 3.05) is 12.4 Å². The zero-order chi connectivity index (χ0) is 13.0. The summed E-state index contributed by atoms with van der Waals surface area (Å²) in [5.74, 6) is -0.810. The lowest BCUT2D eigenvalue weighted by atomic mass is 10.2. The van der Waals surface area contributed by atoms with Crippen molar-refractivity contribution < 1.29 is 9.59 Å². The Kier molecular flexibility index (Phi) is 4.48. The Morgan fingerprint density at radius 1 is 1.41 bits per heavy atom. The molecule has 1 atom stereocenters. The fourth-order valence-corrected chi connectivity index (χ4v) is 1.31. The standard InChI is InChI=1S/C11H14ClN3O2/c1-6(14-2)11(17)15-9-5-7(10(13)16)3-4-8(9)12/h3-6,14H,1-2H3,(H2,13,16)(H,15,17). The molecule has 0 aliphatic heterocycles. The molecule has 0 aromatic heterocycles. The molecule has 0 radical (unpaired) electrons. The first-order valence-corrected chi connectivity index (χ1v) is 5.41. The normalized spacial score (nSPS) is 11.9. The minimum atomic E-state index is -0.571. The lowest BCUT2D eigenvalue weighted by molar-refractivity contribution is -0.117. The average molecular weight is 256 g/mol. The summed E-state index contributed by atoms with van der Waals surface area (Å²) < 4.78 is 0. The lowest BCUT2D eigenvalue weighted by Crippen LogP contribution is -2.35. The second-order valence-electron chi connectivity index (χ2n) is 3.56. The van der Waals surface area contributed by atoms with Crippen LogP contribution >= 0.6 is 11.6 Å². The highest BCUT2D eigenvalue weighted by Crippen LogP contribution is 2.23. The molecule has 0 bridgehead atoms. The molecule has 0 aliphatic carbocycles. The fraction of sp³-hybridized carbons (Fsp3) is 0.273. The third-order valence-corrected chi connectivity index (χ3v) is 2.66. The molecule has 0 heterocycles. The van der Waals surface area contributed by atoms with Crippen LogP contribution in [0.25, 0.3) is 0 Å². The van der Waals surface area contributed by atoms with E-state index >= 15 is 0 Å². The minimum Gasteiger partial charge on any atom is -0.366 e. The quantitative estimate of drug-likeness (QED) is 0.750. The molecule has 1 aromatic rings. The summed E-state index contributed by atoms with van der Waals surface area (Å²) in [6.07, 6.45) is 0. The van der Waals surface area contributed by atoms with Gasteiger partial charge in [-0.1, -0.05) is 11.6 Å². The summed E-state index contributed by atoms with van der Waals surface area (Å²) >= 11 is 5.91. The molecule has 1 rings (SSSR count). The second kappa shape index (κ2) is 5.65. The van der Waals surface area contributed by atoms with Gasteiger partial charge in [-0.2, -0.15) is 0 Å². The van der Waals surface area contributed by atoms with Crippen LogP contribution in [0.15, 0.2) is 18.2 Å². The summed E-state index contributed by atoms with van der Waals surface area (Å²) in [6.45, 7) is 1.71. The van der Waals surface area contributed by atoms with Gasteiger partial charge in [0.1, 0.15) is 0 Å². The number of anilines is 1. The van der Waals surface area contributed by atoms with Crippen molar-refractivity contribution in [2.24, 2.45) is 5.73 Å². The van der Waals surface area contributed by atoms with E-state index in [2.05, 4.69) is 10.6 Å². The number of carbonyl (C=O) groups excluding carboxylic acids is 2. The number of rotatable bonds is 4. The van der Waals surface area contributed by atoms with Crippen LogP contribution in [-0.4, -0.2) is 24.9 Å². The van der Waals surface area contributed by atoms with E-state index in [0.717, 1.165) is 0 Å². The summed E-state index contributed by atoms with van der Waals surface area (Å²) in [7, 11) is 1.67. The third-order valence-electron chi connectivity index (χ3n) is 2.34. The molecule has 1 unspecified atom stereocenters. The fourth-order valence-electron chi connectivity index (χ4n) is 1.15. The van der Waals surface area contributed by atoms with Gasteiger partial charge in [0.15, 0.2) is 0 Å². The summed E-state index contributed by atoms with van der Waals surface area (Å²) in [4.78, 5) is 22.6. The van der Waals surface area contributed by atoms with E-state index in [9.17, 15) is 9.59 Å². The summed E-state index contributed by atoms with van der Waals surface area (Å²) in [6, 6.07) is 4.11. The minimum absolute atomic E-state index is 0.240. The Bertz CT molecular complexity index is 448. The highest BCUT2D eigenvalue weighted by Gasteiger charge is 2.13. The molecule has 6 heteroatoms. The van der Waals surface area contributed by atoms with Crippen molar-refractivity contribution in [3.8, 4) is 0 Å². The molecule has 0 spiro atoms. The van der Waals surface area contributed by atoms with E-state index in [0.29, 0.717) is 16.3 Å². The first kappa shape index (κ1) is 13.5. The van der Waals surface area contributed by atoms with Crippen LogP contribution in [0.1, 0.15) is 17.3 Å². The van der Waals surface area contributed by atoms with Crippen LogP contribution in [0.3, 0.4) is 0 Å². The molecule has 92 valence electrons. The van der Waals surface area contributed by atoms with Crippen molar-refractivity contribution in [3.05, 3.63) is 28.8 Å². The SMILES string of the molecule is CNC(C)C(=O)Nc1cc(C(N)=O)ccc1Cl. The number of amides is 2. The van der Waals surface area contributed by atoms with E-state index in [4.69, 9.17) is 17.3 Å². The number of primary amides is 1. The number of halogens is 1. The third kappa shape index (κ3) is 3.44. The highest BCUT2D eigenvalue weighted by atomic mass is 35.5. The zero-order valence-electron chi connectivity index (χ0n) is 9.58. The number of nitrogens with two attached hydrogens (primary N) is 1. The number of nitrogens with one attached hydrogen (secondary N) is 2. The van der Waals surface area contributed by atoms with Gasteiger partial charge in [-0.25, -0.2) is 0 Å². The molecule has 0 saturated carbocycles. The number of hydrogen-bond donors (Lipinski definition) is 3. The van der Waals surface area contributed by atoms with Crippen LogP contribution in [0, 0.1) is 0 Å². The van der Waals surface area contributed by atoms with E-state index in [1.807, 2.05) is 0 Å². The zero-order valence-corrected chi connectivity index (χ0v) is 10.3.